The lowest BCUT2D eigenvalue weighted by Gasteiger charge is -2.06. The van der Waals surface area contributed by atoms with Gasteiger partial charge in [0.1, 0.15) is 0 Å². The molecule has 0 radical (unpaired) electrons. The minimum absolute atomic E-state index is 0.577. The van der Waals surface area contributed by atoms with E-state index in [0.29, 0.717) is 5.92 Å². The normalized spacial score (nSPS) is 18.7. The highest BCUT2D eigenvalue weighted by Crippen LogP contribution is 2.37. The maximum atomic E-state index is 3.49. The van der Waals surface area contributed by atoms with E-state index in [-0.39, 0.29) is 0 Å². The summed E-state index contributed by atoms with van der Waals surface area (Å²) in [6.45, 7) is 0. The van der Waals surface area contributed by atoms with Crippen LogP contribution in [0.5, 0.6) is 0 Å². The van der Waals surface area contributed by atoms with E-state index in [1.54, 1.807) is 0 Å². The van der Waals surface area contributed by atoms with Gasteiger partial charge in [-0.2, -0.15) is 0 Å². The Bertz CT molecular complexity index is 552. The number of halogens is 1. The Labute approximate surface area is 116 Å². The average molecular weight is 299 g/mol. The minimum atomic E-state index is 0.577. The molecule has 0 amide bonds. The van der Waals surface area contributed by atoms with Crippen LogP contribution in [-0.2, 0) is 0 Å². The highest BCUT2D eigenvalue weighted by Gasteiger charge is 2.18. The van der Waals surface area contributed by atoms with Crippen LogP contribution in [0.15, 0.2) is 65.1 Å². The van der Waals surface area contributed by atoms with Crippen molar-refractivity contribution in [1.29, 1.82) is 0 Å². The standard InChI is InChI=1S/C17H15Br/c18-17-10-8-14(9-11-17)16-7-6-15(12-16)13-4-2-1-3-5-13/h1-5,8-12,16H,6-7H2. The largest absolute Gasteiger partial charge is 0.0732 e. The smallest absolute Gasteiger partial charge is 0.0175 e. The molecule has 0 saturated heterocycles. The first-order valence-electron chi connectivity index (χ1n) is 6.34. The highest BCUT2D eigenvalue weighted by atomic mass is 79.9. The Balaban J connectivity index is 1.85. The zero-order chi connectivity index (χ0) is 12.4. The maximum absolute atomic E-state index is 3.49. The molecule has 3 rings (SSSR count). The Hall–Kier alpha value is -1.34. The Morgan fingerprint density at radius 1 is 0.889 bits per heavy atom. The predicted molar refractivity (Wildman–Crippen MR) is 80.5 cm³/mol. The van der Waals surface area contributed by atoms with Crippen molar-refractivity contribution in [2.45, 2.75) is 18.8 Å². The van der Waals surface area contributed by atoms with E-state index in [4.69, 9.17) is 0 Å². The molecule has 2 aromatic carbocycles. The molecule has 0 bridgehead atoms. The maximum Gasteiger partial charge on any atom is 0.0175 e. The predicted octanol–water partition coefficient (Wildman–Crippen LogP) is 5.41. The molecule has 0 fully saturated rings. The molecule has 1 atom stereocenters. The van der Waals surface area contributed by atoms with E-state index in [2.05, 4.69) is 76.6 Å². The third kappa shape index (κ3) is 2.41. The first kappa shape index (κ1) is 11.7. The summed E-state index contributed by atoms with van der Waals surface area (Å²) < 4.78 is 1.15. The Morgan fingerprint density at radius 3 is 2.33 bits per heavy atom. The molecule has 1 aliphatic carbocycles. The quantitative estimate of drug-likeness (QED) is 0.695. The van der Waals surface area contributed by atoms with Gasteiger partial charge in [-0.05, 0) is 41.7 Å². The molecule has 0 spiro atoms. The molecular formula is C17H15Br. The molecule has 0 heterocycles. The summed E-state index contributed by atoms with van der Waals surface area (Å²) in [5.41, 5.74) is 4.28. The van der Waals surface area contributed by atoms with Gasteiger partial charge in [0.15, 0.2) is 0 Å². The number of benzene rings is 2. The van der Waals surface area contributed by atoms with Crippen molar-refractivity contribution in [3.63, 3.8) is 0 Å². The van der Waals surface area contributed by atoms with Crippen LogP contribution in [0, 0.1) is 0 Å². The van der Waals surface area contributed by atoms with E-state index < -0.39 is 0 Å². The second-order valence-electron chi connectivity index (χ2n) is 4.75. The summed E-state index contributed by atoms with van der Waals surface area (Å²) >= 11 is 3.49. The molecule has 1 aliphatic rings. The fourth-order valence-corrected chi connectivity index (χ4v) is 2.85. The molecule has 1 heteroatoms. The SMILES string of the molecule is Brc1ccc(C2C=C(c3ccccc3)CC2)cc1. The summed E-state index contributed by atoms with van der Waals surface area (Å²) in [5.74, 6) is 0.577. The van der Waals surface area contributed by atoms with Gasteiger partial charge in [-0.15, -0.1) is 0 Å². The van der Waals surface area contributed by atoms with Crippen LogP contribution in [0.4, 0.5) is 0 Å². The van der Waals surface area contributed by atoms with E-state index in [9.17, 15) is 0 Å². The van der Waals surface area contributed by atoms with Crippen LogP contribution < -0.4 is 0 Å². The average Bonchev–Trinajstić information content (AvgIpc) is 2.90. The third-order valence-electron chi connectivity index (χ3n) is 3.57. The van der Waals surface area contributed by atoms with Gasteiger partial charge in [0.25, 0.3) is 0 Å². The van der Waals surface area contributed by atoms with Crippen molar-refractivity contribution in [3.05, 3.63) is 76.3 Å². The van der Waals surface area contributed by atoms with Gasteiger partial charge in [0.05, 0.1) is 0 Å². The van der Waals surface area contributed by atoms with Crippen LogP contribution in [0.1, 0.15) is 29.9 Å². The summed E-state index contributed by atoms with van der Waals surface area (Å²) in [6, 6.07) is 19.4. The van der Waals surface area contributed by atoms with Crippen LogP contribution in [-0.4, -0.2) is 0 Å². The van der Waals surface area contributed by atoms with Crippen molar-refractivity contribution in [2.24, 2.45) is 0 Å². The summed E-state index contributed by atoms with van der Waals surface area (Å²) in [4.78, 5) is 0. The van der Waals surface area contributed by atoms with Crippen LogP contribution in [0.25, 0.3) is 5.57 Å². The van der Waals surface area contributed by atoms with E-state index >= 15 is 0 Å². The van der Waals surface area contributed by atoms with Crippen molar-refractivity contribution in [1.82, 2.24) is 0 Å². The van der Waals surface area contributed by atoms with Crippen molar-refractivity contribution < 1.29 is 0 Å². The second-order valence-corrected chi connectivity index (χ2v) is 5.67. The van der Waals surface area contributed by atoms with Crippen molar-refractivity contribution in [3.8, 4) is 0 Å². The first-order chi connectivity index (χ1) is 8.83. The second kappa shape index (κ2) is 5.11. The van der Waals surface area contributed by atoms with Gasteiger partial charge in [-0.3, -0.25) is 0 Å². The highest BCUT2D eigenvalue weighted by molar-refractivity contribution is 9.10. The number of hydrogen-bond donors (Lipinski definition) is 0. The van der Waals surface area contributed by atoms with Gasteiger partial charge in [0, 0.05) is 10.4 Å². The van der Waals surface area contributed by atoms with Crippen LogP contribution in [0.2, 0.25) is 0 Å². The van der Waals surface area contributed by atoms with Gasteiger partial charge in [-0.25, -0.2) is 0 Å². The van der Waals surface area contributed by atoms with Gasteiger partial charge < -0.3 is 0 Å². The zero-order valence-electron chi connectivity index (χ0n) is 10.1. The van der Waals surface area contributed by atoms with Gasteiger partial charge >= 0.3 is 0 Å². The molecule has 0 N–H and O–H groups in total. The molecule has 1 unspecified atom stereocenters. The van der Waals surface area contributed by atoms with E-state index in [0.717, 1.165) is 4.47 Å². The molecule has 90 valence electrons. The van der Waals surface area contributed by atoms with Crippen molar-refractivity contribution >= 4 is 21.5 Å². The van der Waals surface area contributed by atoms with E-state index in [1.165, 1.54) is 29.5 Å². The first-order valence-corrected chi connectivity index (χ1v) is 7.14. The Morgan fingerprint density at radius 2 is 1.61 bits per heavy atom. The zero-order valence-corrected chi connectivity index (χ0v) is 11.7. The number of hydrogen-bond acceptors (Lipinski definition) is 0. The molecule has 0 aromatic heterocycles. The topological polar surface area (TPSA) is 0 Å². The fourth-order valence-electron chi connectivity index (χ4n) is 2.59. The minimum Gasteiger partial charge on any atom is -0.0732 e. The van der Waals surface area contributed by atoms with Crippen LogP contribution in [0.3, 0.4) is 0 Å². The molecule has 18 heavy (non-hydrogen) atoms. The van der Waals surface area contributed by atoms with Gasteiger partial charge in [-0.1, -0.05) is 64.5 Å². The summed E-state index contributed by atoms with van der Waals surface area (Å²) in [5, 5.41) is 0. The number of rotatable bonds is 2. The monoisotopic (exact) mass is 298 g/mol. The van der Waals surface area contributed by atoms with E-state index in [1.807, 2.05) is 0 Å². The third-order valence-corrected chi connectivity index (χ3v) is 4.10. The van der Waals surface area contributed by atoms with Crippen molar-refractivity contribution in [2.75, 3.05) is 0 Å². The lowest BCUT2D eigenvalue weighted by atomic mass is 9.99. The fraction of sp³-hybridized carbons (Fsp3) is 0.176. The molecule has 2 aromatic rings. The summed E-state index contributed by atoms with van der Waals surface area (Å²) in [7, 11) is 0. The molecule has 0 aliphatic heterocycles. The molecular weight excluding hydrogens is 284 g/mol. The van der Waals surface area contributed by atoms with Crippen LogP contribution >= 0.6 is 15.9 Å². The van der Waals surface area contributed by atoms with Gasteiger partial charge in [0.2, 0.25) is 0 Å². The number of allylic oxidation sites excluding steroid dienone is 2. The Kier molecular flexibility index (Phi) is 3.33. The molecule has 0 saturated carbocycles. The lowest BCUT2D eigenvalue weighted by Crippen LogP contribution is -1.89. The summed E-state index contributed by atoms with van der Waals surface area (Å²) in [6.07, 6.45) is 4.84. The molecule has 0 nitrogen and oxygen atoms in total. The lowest BCUT2D eigenvalue weighted by molar-refractivity contribution is 0.803.